The molecule has 25 heavy (non-hydrogen) atoms. The first-order valence-electron chi connectivity index (χ1n) is 8.28. The highest BCUT2D eigenvalue weighted by molar-refractivity contribution is 5.86. The van der Waals surface area contributed by atoms with Crippen LogP contribution in [0.1, 0.15) is 5.56 Å². The summed E-state index contributed by atoms with van der Waals surface area (Å²) in [7, 11) is 2.10. The van der Waals surface area contributed by atoms with Crippen LogP contribution in [0.4, 0.5) is 0 Å². The van der Waals surface area contributed by atoms with Crippen molar-refractivity contribution in [2.75, 3.05) is 0 Å². The van der Waals surface area contributed by atoms with Crippen molar-refractivity contribution in [1.29, 1.82) is 0 Å². The van der Waals surface area contributed by atoms with E-state index >= 15 is 0 Å². The van der Waals surface area contributed by atoms with E-state index in [1.54, 1.807) is 0 Å². The SMILES string of the molecule is Cc1cccc2nc3n4ccnc4n4c5ccccc5[n+](C)c4n3c12. The van der Waals surface area contributed by atoms with E-state index < -0.39 is 0 Å². The van der Waals surface area contributed by atoms with Gasteiger partial charge in [0.25, 0.3) is 11.6 Å². The zero-order valence-corrected chi connectivity index (χ0v) is 13.9. The van der Waals surface area contributed by atoms with Gasteiger partial charge in [-0.15, -0.1) is 0 Å². The van der Waals surface area contributed by atoms with Gasteiger partial charge in [-0.3, -0.25) is 0 Å². The van der Waals surface area contributed by atoms with Gasteiger partial charge in [-0.2, -0.15) is 13.8 Å². The van der Waals surface area contributed by atoms with Crippen LogP contribution in [0.15, 0.2) is 54.9 Å². The molecule has 4 aromatic heterocycles. The summed E-state index contributed by atoms with van der Waals surface area (Å²) in [5, 5.41) is 0. The minimum absolute atomic E-state index is 0.868. The molecule has 4 heterocycles. The molecule has 0 aliphatic carbocycles. The summed E-state index contributed by atoms with van der Waals surface area (Å²) in [6, 6.07) is 14.7. The van der Waals surface area contributed by atoms with Gasteiger partial charge in [0.05, 0.1) is 7.05 Å². The van der Waals surface area contributed by atoms with E-state index in [1.165, 1.54) is 5.56 Å². The molecule has 0 atom stereocenters. The number of fused-ring (bicyclic) bond motifs is 10. The number of imidazole rings is 3. The minimum Gasteiger partial charge on any atom is -0.229 e. The Labute approximate surface area is 142 Å². The van der Waals surface area contributed by atoms with Gasteiger partial charge in [0.1, 0.15) is 22.1 Å². The highest BCUT2D eigenvalue weighted by Gasteiger charge is 2.26. The van der Waals surface area contributed by atoms with Gasteiger partial charge >= 0.3 is 5.78 Å². The quantitative estimate of drug-likeness (QED) is 0.403. The molecule has 0 saturated heterocycles. The Morgan fingerprint density at radius 3 is 2.76 bits per heavy atom. The molecule has 0 amide bonds. The summed E-state index contributed by atoms with van der Waals surface area (Å²) in [5.41, 5.74) is 5.63. The Balaban J connectivity index is 2.12. The number of para-hydroxylation sites is 3. The van der Waals surface area contributed by atoms with Crippen LogP contribution in [0.25, 0.3) is 39.4 Å². The smallest absolute Gasteiger partial charge is 0.229 e. The van der Waals surface area contributed by atoms with Crippen molar-refractivity contribution >= 4 is 39.4 Å². The highest BCUT2D eigenvalue weighted by atomic mass is 15.3. The first-order chi connectivity index (χ1) is 12.3. The molecular formula is C19H15N6+. The van der Waals surface area contributed by atoms with Crippen LogP contribution in [-0.4, -0.2) is 23.2 Å². The molecule has 0 aliphatic heterocycles. The van der Waals surface area contributed by atoms with E-state index in [4.69, 9.17) is 4.98 Å². The molecular weight excluding hydrogens is 312 g/mol. The fourth-order valence-corrected chi connectivity index (χ4v) is 4.00. The van der Waals surface area contributed by atoms with Crippen LogP contribution < -0.4 is 4.57 Å². The summed E-state index contributed by atoms with van der Waals surface area (Å²) in [6.45, 7) is 2.13. The second kappa shape index (κ2) is 4.16. The first-order valence-corrected chi connectivity index (χ1v) is 8.28. The zero-order valence-electron chi connectivity index (χ0n) is 13.9. The van der Waals surface area contributed by atoms with Crippen molar-refractivity contribution in [1.82, 2.24) is 23.2 Å². The Hall–Kier alpha value is -3.41. The Morgan fingerprint density at radius 2 is 1.84 bits per heavy atom. The maximum absolute atomic E-state index is 4.90. The van der Waals surface area contributed by atoms with Crippen LogP contribution in [-0.2, 0) is 7.05 Å². The zero-order chi connectivity index (χ0) is 16.7. The van der Waals surface area contributed by atoms with Gasteiger partial charge in [-0.05, 0) is 30.7 Å². The van der Waals surface area contributed by atoms with Crippen molar-refractivity contribution in [2.24, 2.45) is 7.05 Å². The van der Waals surface area contributed by atoms with E-state index in [-0.39, 0.29) is 0 Å². The van der Waals surface area contributed by atoms with E-state index in [2.05, 4.69) is 79.2 Å². The van der Waals surface area contributed by atoms with Gasteiger partial charge in [0.2, 0.25) is 0 Å². The van der Waals surface area contributed by atoms with Crippen molar-refractivity contribution in [3.63, 3.8) is 0 Å². The van der Waals surface area contributed by atoms with Crippen molar-refractivity contribution in [3.05, 3.63) is 60.4 Å². The fraction of sp³-hybridized carbons (Fsp3) is 0.105. The summed E-state index contributed by atoms with van der Waals surface area (Å²) in [5.74, 6) is 2.79. The average Bonchev–Trinajstić information content (AvgIpc) is 3.30. The summed E-state index contributed by atoms with van der Waals surface area (Å²) >= 11 is 0. The second-order valence-corrected chi connectivity index (χ2v) is 6.47. The van der Waals surface area contributed by atoms with E-state index in [0.29, 0.717) is 0 Å². The molecule has 0 bridgehead atoms. The van der Waals surface area contributed by atoms with Crippen LogP contribution in [0.3, 0.4) is 0 Å². The van der Waals surface area contributed by atoms with Crippen molar-refractivity contribution in [3.8, 4) is 0 Å². The van der Waals surface area contributed by atoms with E-state index in [0.717, 1.165) is 39.4 Å². The largest absolute Gasteiger partial charge is 0.380 e. The second-order valence-electron chi connectivity index (χ2n) is 6.47. The third-order valence-corrected chi connectivity index (χ3v) is 5.08. The molecule has 6 aromatic rings. The van der Waals surface area contributed by atoms with Crippen molar-refractivity contribution in [2.45, 2.75) is 6.92 Å². The number of aryl methyl sites for hydroxylation is 2. The monoisotopic (exact) mass is 327 g/mol. The van der Waals surface area contributed by atoms with Gasteiger partial charge in [-0.1, -0.05) is 24.3 Å². The molecule has 0 N–H and O–H groups in total. The topological polar surface area (TPSA) is 42.9 Å². The maximum Gasteiger partial charge on any atom is 0.380 e. The number of hydrogen-bond acceptors (Lipinski definition) is 2. The predicted molar refractivity (Wildman–Crippen MR) is 95.8 cm³/mol. The third-order valence-electron chi connectivity index (χ3n) is 5.08. The molecule has 0 spiro atoms. The Morgan fingerprint density at radius 1 is 0.960 bits per heavy atom. The van der Waals surface area contributed by atoms with E-state index in [9.17, 15) is 0 Å². The third kappa shape index (κ3) is 1.39. The number of rotatable bonds is 0. The lowest BCUT2D eigenvalue weighted by molar-refractivity contribution is -0.620. The molecule has 120 valence electrons. The van der Waals surface area contributed by atoms with Gasteiger partial charge in [-0.25, -0.2) is 14.0 Å². The van der Waals surface area contributed by atoms with Crippen LogP contribution in [0.5, 0.6) is 0 Å². The van der Waals surface area contributed by atoms with Gasteiger partial charge < -0.3 is 0 Å². The average molecular weight is 327 g/mol. The van der Waals surface area contributed by atoms with Gasteiger partial charge in [0.15, 0.2) is 0 Å². The molecule has 2 aromatic carbocycles. The van der Waals surface area contributed by atoms with Crippen LogP contribution in [0, 0.1) is 6.92 Å². The number of benzene rings is 2. The lowest BCUT2D eigenvalue weighted by atomic mass is 10.2. The highest BCUT2D eigenvalue weighted by Crippen LogP contribution is 2.25. The summed E-state index contributed by atoms with van der Waals surface area (Å²) in [4.78, 5) is 9.51. The normalized spacial score (nSPS) is 12.4. The molecule has 0 aliphatic rings. The lowest BCUT2D eigenvalue weighted by Gasteiger charge is -2.00. The van der Waals surface area contributed by atoms with Crippen LogP contribution in [0.2, 0.25) is 0 Å². The molecule has 6 heteroatoms. The summed E-state index contributed by atoms with van der Waals surface area (Å²) < 4.78 is 8.71. The first kappa shape index (κ1) is 12.9. The van der Waals surface area contributed by atoms with E-state index in [1.807, 2.05) is 12.4 Å². The number of nitrogens with zero attached hydrogens (tertiary/aromatic N) is 6. The minimum atomic E-state index is 0.868. The molecule has 6 rings (SSSR count). The number of aromatic nitrogens is 6. The van der Waals surface area contributed by atoms with Crippen molar-refractivity contribution < 1.29 is 4.57 Å². The molecule has 6 nitrogen and oxygen atoms in total. The molecule has 0 fully saturated rings. The van der Waals surface area contributed by atoms with Gasteiger partial charge in [0, 0.05) is 12.4 Å². The Kier molecular flexibility index (Phi) is 2.15. The lowest BCUT2D eigenvalue weighted by Crippen LogP contribution is -2.30. The number of hydrogen-bond donors (Lipinski definition) is 0. The predicted octanol–water partition coefficient (Wildman–Crippen LogP) is 2.67. The summed E-state index contributed by atoms with van der Waals surface area (Å²) in [6.07, 6.45) is 3.80. The standard InChI is InChI=1S/C19H15N6/c1-12-6-5-7-13-16(12)25-18(21-13)23-11-10-20-17(23)24-15-9-4-3-8-14(15)22(2)19(24)25/h3-11H,1-2H3/q+1. The maximum atomic E-state index is 4.90. The van der Waals surface area contributed by atoms with Crippen LogP contribution >= 0.6 is 0 Å². The Bertz CT molecular complexity index is 1460. The molecule has 0 saturated carbocycles. The fourth-order valence-electron chi connectivity index (χ4n) is 4.00. The molecule has 0 unspecified atom stereocenters. The molecule has 0 radical (unpaired) electrons.